The largest absolute Gasteiger partial charge is 0.309 e. The summed E-state index contributed by atoms with van der Waals surface area (Å²) in [5.41, 5.74) is 0. The van der Waals surface area contributed by atoms with Crippen LogP contribution in [0.1, 0.15) is 110 Å². The van der Waals surface area contributed by atoms with Crippen LogP contribution >= 0.6 is 0 Å². The fourth-order valence-corrected chi connectivity index (χ4v) is 6.09. The molecule has 7 nitrogen and oxygen atoms in total. The van der Waals surface area contributed by atoms with Crippen LogP contribution < -0.4 is 0 Å². The summed E-state index contributed by atoms with van der Waals surface area (Å²) >= 11 is 0. The lowest BCUT2D eigenvalue weighted by Crippen LogP contribution is -2.12. The summed E-state index contributed by atoms with van der Waals surface area (Å²) in [4.78, 5) is 1.47. The fraction of sp³-hybridized carbons (Fsp3) is 0.667. The first-order chi connectivity index (χ1) is 18.5. The molecule has 39 heavy (non-hydrogen) atoms. The molecule has 224 valence electrons. The molecule has 0 fully saturated rings. The van der Waals surface area contributed by atoms with Gasteiger partial charge in [-0.1, -0.05) is 128 Å². The minimum atomic E-state index is -4.47. The smallest absolute Gasteiger partial charge is 0.295 e. The van der Waals surface area contributed by atoms with Crippen LogP contribution in [0.4, 0.5) is 0 Å². The Bertz CT molecular complexity index is 1080. The molecule has 0 amide bonds. The number of nitrogens with zero attached hydrogens (tertiary/aromatic N) is 1. The normalized spacial score (nSPS) is 12.1. The molecule has 0 aliphatic rings. The third-order valence-corrected chi connectivity index (χ3v) is 8.68. The van der Waals surface area contributed by atoms with Gasteiger partial charge in [-0.2, -0.15) is 16.8 Å². The maximum absolute atomic E-state index is 11.2. The van der Waals surface area contributed by atoms with Gasteiger partial charge in [-0.25, -0.2) is 0 Å². The van der Waals surface area contributed by atoms with Crippen LogP contribution in [0.3, 0.4) is 0 Å². The van der Waals surface area contributed by atoms with E-state index in [0.717, 1.165) is 12.1 Å². The summed E-state index contributed by atoms with van der Waals surface area (Å²) in [6.45, 7) is 3.56. The summed E-state index contributed by atoms with van der Waals surface area (Å²) in [7, 11) is -4.59. The molecule has 0 atom stereocenters. The molecular weight excluding hydrogens is 534 g/mol. The minimum absolute atomic E-state index is 0.0233. The average Bonchev–Trinajstić information content (AvgIpc) is 2.87. The number of fused-ring (bicyclic) bond motifs is 1. The van der Waals surface area contributed by atoms with E-state index >= 15 is 0 Å². The van der Waals surface area contributed by atoms with Crippen molar-refractivity contribution in [2.75, 3.05) is 20.6 Å². The van der Waals surface area contributed by atoms with E-state index in [2.05, 4.69) is 25.9 Å². The first kappa shape index (κ1) is 35.5. The predicted octanol–water partition coefficient (Wildman–Crippen LogP) is 8.14. The van der Waals surface area contributed by atoms with Crippen LogP contribution in [0.5, 0.6) is 0 Å². The summed E-state index contributed by atoms with van der Waals surface area (Å²) in [6.07, 6.45) is 23.3. The topological polar surface area (TPSA) is 112 Å². The quantitative estimate of drug-likeness (QED) is 0.126. The molecule has 0 heterocycles. The molecule has 0 bridgehead atoms. The zero-order chi connectivity index (χ0) is 29.2. The summed E-state index contributed by atoms with van der Waals surface area (Å²) < 4.78 is 62.7. The highest BCUT2D eigenvalue weighted by Gasteiger charge is 2.19. The molecule has 0 aliphatic carbocycles. The van der Waals surface area contributed by atoms with Gasteiger partial charge in [0.25, 0.3) is 20.2 Å². The van der Waals surface area contributed by atoms with Crippen molar-refractivity contribution >= 4 is 31.0 Å². The molecule has 0 saturated carbocycles. The molecule has 9 heteroatoms. The Balaban J connectivity index is 0.000000393. The number of rotatable bonds is 19. The van der Waals surface area contributed by atoms with Crippen LogP contribution in [0, 0.1) is 0 Å². The Kier molecular flexibility index (Phi) is 17.8. The van der Waals surface area contributed by atoms with Crippen molar-refractivity contribution in [2.24, 2.45) is 0 Å². The van der Waals surface area contributed by atoms with Gasteiger partial charge in [-0.15, -0.1) is 0 Å². The molecular formula is C30H51NO6S2. The van der Waals surface area contributed by atoms with E-state index in [1.807, 2.05) is 0 Å². The molecule has 0 unspecified atom stereocenters. The molecule has 2 N–H and O–H groups in total. The van der Waals surface area contributed by atoms with Crippen molar-refractivity contribution < 1.29 is 25.9 Å². The Hall–Kier alpha value is -1.52. The monoisotopic (exact) mass is 585 g/mol. The second-order valence-electron chi connectivity index (χ2n) is 10.7. The number of hydrogen-bond acceptors (Lipinski definition) is 5. The highest BCUT2D eigenvalue weighted by Crippen LogP contribution is 2.28. The van der Waals surface area contributed by atoms with Crippen molar-refractivity contribution in [3.05, 3.63) is 36.4 Å². The molecule has 0 radical (unpaired) electrons. The maximum Gasteiger partial charge on any atom is 0.295 e. The van der Waals surface area contributed by atoms with Crippen molar-refractivity contribution in [1.29, 1.82) is 0 Å². The van der Waals surface area contributed by atoms with Gasteiger partial charge in [0.1, 0.15) is 9.79 Å². The van der Waals surface area contributed by atoms with E-state index in [-0.39, 0.29) is 10.8 Å². The van der Waals surface area contributed by atoms with Gasteiger partial charge in [0.05, 0.1) is 0 Å². The van der Waals surface area contributed by atoms with E-state index in [1.165, 1.54) is 134 Å². The highest BCUT2D eigenvalue weighted by molar-refractivity contribution is 7.86. The summed E-state index contributed by atoms with van der Waals surface area (Å²) in [6, 6.07) is 7.53. The lowest BCUT2D eigenvalue weighted by Gasteiger charge is -2.08. The van der Waals surface area contributed by atoms with Crippen LogP contribution in [0.2, 0.25) is 0 Å². The second kappa shape index (κ2) is 19.5. The maximum atomic E-state index is 11.2. The molecule has 0 aliphatic heterocycles. The average molecular weight is 586 g/mol. The van der Waals surface area contributed by atoms with Gasteiger partial charge in [0, 0.05) is 10.8 Å². The van der Waals surface area contributed by atoms with Gasteiger partial charge in [0.2, 0.25) is 0 Å². The first-order valence-electron chi connectivity index (χ1n) is 14.6. The number of hydrogen-bond donors (Lipinski definition) is 2. The van der Waals surface area contributed by atoms with E-state index in [1.54, 1.807) is 0 Å². The first-order valence-corrected chi connectivity index (χ1v) is 17.5. The Labute approximate surface area is 237 Å². The Morgan fingerprint density at radius 3 is 1.13 bits per heavy atom. The van der Waals surface area contributed by atoms with Gasteiger partial charge in [0.15, 0.2) is 0 Å². The third kappa shape index (κ3) is 15.7. The van der Waals surface area contributed by atoms with Gasteiger partial charge >= 0.3 is 0 Å². The van der Waals surface area contributed by atoms with E-state index in [4.69, 9.17) is 9.11 Å². The van der Waals surface area contributed by atoms with Crippen LogP contribution in [-0.2, 0) is 20.2 Å². The highest BCUT2D eigenvalue weighted by atomic mass is 32.2. The number of unbranched alkanes of at least 4 members (excludes halogenated alkanes) is 15. The third-order valence-electron chi connectivity index (χ3n) is 6.86. The van der Waals surface area contributed by atoms with Crippen LogP contribution in [0.25, 0.3) is 10.8 Å². The molecule has 0 saturated heterocycles. The van der Waals surface area contributed by atoms with Crippen molar-refractivity contribution in [3.8, 4) is 0 Å². The Morgan fingerprint density at radius 1 is 0.538 bits per heavy atom. The lowest BCUT2D eigenvalue weighted by atomic mass is 10.0. The summed E-state index contributed by atoms with van der Waals surface area (Å²) in [5, 5.41) is 0.0465. The van der Waals surface area contributed by atoms with Gasteiger partial charge in [-0.05, 0) is 39.2 Å². The van der Waals surface area contributed by atoms with Crippen molar-refractivity contribution in [1.82, 2.24) is 4.90 Å². The van der Waals surface area contributed by atoms with E-state index in [9.17, 15) is 16.8 Å². The zero-order valence-electron chi connectivity index (χ0n) is 24.3. The molecule has 2 aromatic carbocycles. The van der Waals surface area contributed by atoms with Gasteiger partial charge in [-0.3, -0.25) is 9.11 Å². The number of benzene rings is 2. The lowest BCUT2D eigenvalue weighted by molar-refractivity contribution is 0.389. The summed E-state index contributed by atoms with van der Waals surface area (Å²) in [5.74, 6) is 0. The predicted molar refractivity (Wildman–Crippen MR) is 162 cm³/mol. The van der Waals surface area contributed by atoms with Crippen molar-refractivity contribution in [2.45, 2.75) is 119 Å². The van der Waals surface area contributed by atoms with E-state index < -0.39 is 30.0 Å². The molecule has 0 aromatic heterocycles. The Morgan fingerprint density at radius 2 is 0.846 bits per heavy atom. The van der Waals surface area contributed by atoms with E-state index in [0.29, 0.717) is 0 Å². The molecule has 0 spiro atoms. The fourth-order valence-electron chi connectivity index (χ4n) is 4.68. The molecule has 2 rings (SSSR count). The molecule has 2 aromatic rings. The standard InChI is InChI=1S/C20H43N.C10H8O6S2/c1-4-5-6-7-8-9-10-11-12-13-14-15-16-17-18-19-20-21(2)3;11-17(12,13)9-5-1-3-7-8(9)4-2-6-10(7)18(14,15)16/h4-20H2,1-3H3;1-6H,(H,11,12,13)(H,14,15,16). The van der Waals surface area contributed by atoms with Crippen LogP contribution in [-0.4, -0.2) is 51.5 Å². The zero-order valence-corrected chi connectivity index (χ0v) is 25.9. The minimum Gasteiger partial charge on any atom is -0.309 e. The SMILES string of the molecule is CCCCCCCCCCCCCCCCCCN(C)C.O=S(=O)(O)c1cccc2c(S(=O)(=O)O)cccc12. The van der Waals surface area contributed by atoms with Crippen molar-refractivity contribution in [3.63, 3.8) is 0 Å². The van der Waals surface area contributed by atoms with Crippen LogP contribution in [0.15, 0.2) is 46.2 Å². The van der Waals surface area contributed by atoms with Gasteiger partial charge < -0.3 is 4.90 Å². The second-order valence-corrected chi connectivity index (χ2v) is 13.4.